The minimum absolute atomic E-state index is 0.107. The first-order valence-corrected chi connectivity index (χ1v) is 5.19. The summed E-state index contributed by atoms with van der Waals surface area (Å²) in [6.45, 7) is 0.596. The zero-order valence-corrected chi connectivity index (χ0v) is 9.79. The summed E-state index contributed by atoms with van der Waals surface area (Å²) in [6.07, 6.45) is 0. The van der Waals surface area contributed by atoms with Crippen LogP contribution in [0.5, 0.6) is 0 Å². The third-order valence-electron chi connectivity index (χ3n) is 2.29. The van der Waals surface area contributed by atoms with Gasteiger partial charge in [-0.15, -0.1) is 0 Å². The summed E-state index contributed by atoms with van der Waals surface area (Å²) in [5, 5.41) is 17.4. The van der Waals surface area contributed by atoms with Crippen LogP contribution >= 0.6 is 0 Å². The van der Waals surface area contributed by atoms with Gasteiger partial charge in [0.05, 0.1) is 0 Å². The number of hydrogen-bond donors (Lipinski definition) is 2. The van der Waals surface area contributed by atoms with Crippen molar-refractivity contribution in [2.45, 2.75) is 6.92 Å². The summed E-state index contributed by atoms with van der Waals surface area (Å²) in [6, 6.07) is 6.13. The van der Waals surface area contributed by atoms with E-state index >= 15 is 0 Å². The lowest BCUT2D eigenvalue weighted by Crippen LogP contribution is -2.34. The van der Waals surface area contributed by atoms with E-state index in [1.807, 2.05) is 0 Å². The van der Waals surface area contributed by atoms with Crippen LogP contribution in [0, 0.1) is 0 Å². The number of ketones is 1. The molecule has 1 aromatic carbocycles. The van der Waals surface area contributed by atoms with Gasteiger partial charge < -0.3 is 15.1 Å². The molecule has 0 aromatic heterocycles. The molecule has 0 unspecified atom stereocenters. The quantitative estimate of drug-likeness (QED) is 0.728. The molecule has 0 fully saturated rings. The standard InChI is InChI=1S/C12H13NO5/c1-8(14)9-2-4-10(5-3-9)13(6-11(15)16)7-12(17)18/h2-5H,6-7H2,1H3,(H,15,16)(H,17,18). The van der Waals surface area contributed by atoms with Crippen LogP contribution in [0.3, 0.4) is 0 Å². The third-order valence-corrected chi connectivity index (χ3v) is 2.29. The number of carboxylic acids is 2. The molecule has 0 saturated carbocycles. The molecule has 0 saturated heterocycles. The van der Waals surface area contributed by atoms with Gasteiger partial charge in [-0.25, -0.2) is 0 Å². The van der Waals surface area contributed by atoms with E-state index in [1.165, 1.54) is 36.1 Å². The molecule has 0 atom stereocenters. The molecule has 2 N–H and O–H groups in total. The minimum atomic E-state index is -1.12. The van der Waals surface area contributed by atoms with Crippen LogP contribution in [0.1, 0.15) is 17.3 Å². The molecule has 1 rings (SSSR count). The number of carboxylic acid groups (broad SMARTS) is 2. The van der Waals surface area contributed by atoms with Gasteiger partial charge in [0.15, 0.2) is 5.78 Å². The van der Waals surface area contributed by atoms with Gasteiger partial charge in [-0.2, -0.15) is 0 Å². The van der Waals surface area contributed by atoms with Crippen LogP contribution in [0.2, 0.25) is 0 Å². The van der Waals surface area contributed by atoms with Crippen molar-refractivity contribution >= 4 is 23.4 Å². The number of aliphatic carboxylic acids is 2. The molecule has 6 heteroatoms. The maximum Gasteiger partial charge on any atom is 0.323 e. The third kappa shape index (κ3) is 3.89. The first kappa shape index (κ1) is 13.7. The highest BCUT2D eigenvalue weighted by Gasteiger charge is 2.14. The minimum Gasteiger partial charge on any atom is -0.480 e. The van der Waals surface area contributed by atoms with E-state index in [-0.39, 0.29) is 5.78 Å². The van der Waals surface area contributed by atoms with E-state index in [0.29, 0.717) is 11.3 Å². The summed E-state index contributed by atoms with van der Waals surface area (Å²) in [5.41, 5.74) is 0.939. The van der Waals surface area contributed by atoms with Gasteiger partial charge >= 0.3 is 11.9 Å². The molecule has 6 nitrogen and oxygen atoms in total. The van der Waals surface area contributed by atoms with E-state index in [2.05, 4.69) is 0 Å². The van der Waals surface area contributed by atoms with E-state index in [0.717, 1.165) is 0 Å². The average Bonchev–Trinajstić information content (AvgIpc) is 2.27. The smallest absolute Gasteiger partial charge is 0.323 e. The largest absolute Gasteiger partial charge is 0.480 e. The summed E-state index contributed by atoms with van der Waals surface area (Å²) < 4.78 is 0. The molecule has 96 valence electrons. The lowest BCUT2D eigenvalue weighted by atomic mass is 10.1. The molecular formula is C12H13NO5. The van der Waals surface area contributed by atoms with Crippen molar-refractivity contribution in [3.8, 4) is 0 Å². The van der Waals surface area contributed by atoms with Crippen molar-refractivity contribution in [3.05, 3.63) is 29.8 Å². The van der Waals surface area contributed by atoms with E-state index < -0.39 is 25.0 Å². The van der Waals surface area contributed by atoms with Crippen molar-refractivity contribution in [1.29, 1.82) is 0 Å². The molecular weight excluding hydrogens is 238 g/mol. The second-order valence-electron chi connectivity index (χ2n) is 3.75. The second kappa shape index (κ2) is 5.81. The Kier molecular flexibility index (Phi) is 4.42. The molecule has 1 aromatic rings. The molecule has 0 aliphatic rings. The highest BCUT2D eigenvalue weighted by molar-refractivity contribution is 5.94. The van der Waals surface area contributed by atoms with E-state index in [4.69, 9.17) is 10.2 Å². The van der Waals surface area contributed by atoms with Crippen LogP contribution in [0.15, 0.2) is 24.3 Å². The van der Waals surface area contributed by atoms with E-state index in [9.17, 15) is 14.4 Å². The predicted octanol–water partition coefficient (Wildman–Crippen LogP) is 0.865. The Balaban J connectivity index is 2.93. The molecule has 0 bridgehead atoms. The molecule has 0 heterocycles. The van der Waals surface area contributed by atoms with Crippen LogP contribution in [0.4, 0.5) is 5.69 Å². The SMILES string of the molecule is CC(=O)c1ccc(N(CC(=O)O)CC(=O)O)cc1. The van der Waals surface area contributed by atoms with Gasteiger partial charge in [0.2, 0.25) is 0 Å². The number of benzene rings is 1. The Hall–Kier alpha value is -2.37. The Morgan fingerprint density at radius 1 is 1.00 bits per heavy atom. The predicted molar refractivity (Wildman–Crippen MR) is 63.9 cm³/mol. The fourth-order valence-corrected chi connectivity index (χ4v) is 1.47. The van der Waals surface area contributed by atoms with Gasteiger partial charge in [0.1, 0.15) is 13.1 Å². The Bertz CT molecular complexity index is 450. The fourth-order valence-electron chi connectivity index (χ4n) is 1.47. The molecule has 18 heavy (non-hydrogen) atoms. The number of carbonyl (C=O) groups excluding carboxylic acids is 1. The van der Waals surface area contributed by atoms with Gasteiger partial charge in [0.25, 0.3) is 0 Å². The number of nitrogens with zero attached hydrogens (tertiary/aromatic N) is 1. The first-order chi connectivity index (χ1) is 8.40. The topological polar surface area (TPSA) is 94.9 Å². The summed E-state index contributed by atoms with van der Waals surface area (Å²) in [7, 11) is 0. The molecule has 0 spiro atoms. The van der Waals surface area contributed by atoms with Gasteiger partial charge in [-0.1, -0.05) is 0 Å². The average molecular weight is 251 g/mol. The summed E-state index contributed by atoms with van der Waals surface area (Å²) in [5.74, 6) is -2.34. The van der Waals surface area contributed by atoms with Crippen LogP contribution in [-0.2, 0) is 9.59 Å². The zero-order valence-electron chi connectivity index (χ0n) is 9.79. The molecule has 0 radical (unpaired) electrons. The molecule has 0 aliphatic carbocycles. The zero-order chi connectivity index (χ0) is 13.7. The number of carbonyl (C=O) groups is 3. The number of Topliss-reactive ketones (excluding diaryl/α,β-unsaturated/α-hetero) is 1. The highest BCUT2D eigenvalue weighted by atomic mass is 16.4. The van der Waals surface area contributed by atoms with Crippen molar-refractivity contribution in [1.82, 2.24) is 0 Å². The number of hydrogen-bond acceptors (Lipinski definition) is 4. The van der Waals surface area contributed by atoms with Gasteiger partial charge in [-0.3, -0.25) is 14.4 Å². The normalized spacial score (nSPS) is 9.83. The van der Waals surface area contributed by atoms with Crippen molar-refractivity contribution < 1.29 is 24.6 Å². The molecule has 0 amide bonds. The Morgan fingerprint density at radius 3 is 1.78 bits per heavy atom. The van der Waals surface area contributed by atoms with Crippen LogP contribution in [-0.4, -0.2) is 41.0 Å². The van der Waals surface area contributed by atoms with Crippen molar-refractivity contribution in [2.75, 3.05) is 18.0 Å². The van der Waals surface area contributed by atoms with Crippen LogP contribution in [0.25, 0.3) is 0 Å². The second-order valence-corrected chi connectivity index (χ2v) is 3.75. The maximum atomic E-state index is 11.1. The molecule has 0 aliphatic heterocycles. The Labute approximate surface area is 103 Å². The van der Waals surface area contributed by atoms with E-state index in [1.54, 1.807) is 0 Å². The highest BCUT2D eigenvalue weighted by Crippen LogP contribution is 2.15. The van der Waals surface area contributed by atoms with Gasteiger partial charge in [-0.05, 0) is 31.2 Å². The lowest BCUT2D eigenvalue weighted by molar-refractivity contribution is -0.136. The van der Waals surface area contributed by atoms with Crippen LogP contribution < -0.4 is 4.90 Å². The lowest BCUT2D eigenvalue weighted by Gasteiger charge is -2.20. The monoisotopic (exact) mass is 251 g/mol. The van der Waals surface area contributed by atoms with Gasteiger partial charge in [0, 0.05) is 11.3 Å². The van der Waals surface area contributed by atoms with Crippen molar-refractivity contribution in [2.24, 2.45) is 0 Å². The number of anilines is 1. The summed E-state index contributed by atoms with van der Waals surface area (Å²) >= 11 is 0. The summed E-state index contributed by atoms with van der Waals surface area (Å²) in [4.78, 5) is 33.6. The number of rotatable bonds is 6. The maximum absolute atomic E-state index is 11.1. The van der Waals surface area contributed by atoms with Crippen molar-refractivity contribution in [3.63, 3.8) is 0 Å². The Morgan fingerprint density at radius 2 is 1.44 bits per heavy atom. The fraction of sp³-hybridized carbons (Fsp3) is 0.250. The first-order valence-electron chi connectivity index (χ1n) is 5.19.